The summed E-state index contributed by atoms with van der Waals surface area (Å²) in [6.07, 6.45) is 0.920. The third-order valence-electron chi connectivity index (χ3n) is 3.45. The highest BCUT2D eigenvalue weighted by molar-refractivity contribution is 5.68. The normalized spacial score (nSPS) is 13.7. The number of benzene rings is 1. The van der Waals surface area contributed by atoms with Crippen LogP contribution in [0, 0.1) is 12.7 Å². The zero-order valence-corrected chi connectivity index (χ0v) is 10.9. The highest BCUT2D eigenvalue weighted by Crippen LogP contribution is 2.34. The van der Waals surface area contributed by atoms with Crippen molar-refractivity contribution < 1.29 is 4.39 Å². The molecule has 98 valence electrons. The van der Waals surface area contributed by atoms with Crippen LogP contribution in [0.25, 0.3) is 0 Å². The van der Waals surface area contributed by atoms with Crippen molar-refractivity contribution in [1.82, 2.24) is 4.98 Å². The predicted molar refractivity (Wildman–Crippen MR) is 74.0 cm³/mol. The van der Waals surface area contributed by atoms with Crippen LogP contribution in [0.3, 0.4) is 0 Å². The number of nitrogens with zero attached hydrogens (tertiary/aromatic N) is 2. The molecule has 0 unspecified atom stereocenters. The van der Waals surface area contributed by atoms with Gasteiger partial charge in [0.25, 0.3) is 0 Å². The summed E-state index contributed by atoms with van der Waals surface area (Å²) in [7, 11) is 0. The molecule has 1 aliphatic rings. The second-order valence-corrected chi connectivity index (χ2v) is 4.85. The molecule has 0 bridgehead atoms. The molecule has 0 atom stereocenters. The van der Waals surface area contributed by atoms with E-state index >= 15 is 0 Å². The molecule has 1 aliphatic heterocycles. The maximum Gasteiger partial charge on any atom is 0.133 e. The summed E-state index contributed by atoms with van der Waals surface area (Å²) in [6, 6.07) is 8.90. The van der Waals surface area contributed by atoms with Gasteiger partial charge in [-0.3, -0.25) is 0 Å². The Bertz CT molecular complexity index is 625. The predicted octanol–water partition coefficient (Wildman–Crippen LogP) is 2.68. The number of fused-ring (bicyclic) bond motifs is 1. The molecule has 0 amide bonds. The van der Waals surface area contributed by atoms with Crippen LogP contribution in [0.2, 0.25) is 0 Å². The number of pyridine rings is 1. The molecular formula is C15H16FN3. The molecule has 0 spiro atoms. The van der Waals surface area contributed by atoms with E-state index in [-0.39, 0.29) is 5.82 Å². The van der Waals surface area contributed by atoms with Gasteiger partial charge in [0.05, 0.1) is 0 Å². The fraction of sp³-hybridized carbons (Fsp3) is 0.267. The van der Waals surface area contributed by atoms with Gasteiger partial charge in [0.2, 0.25) is 0 Å². The molecule has 3 rings (SSSR count). The lowest BCUT2D eigenvalue weighted by Gasteiger charge is -2.19. The average molecular weight is 257 g/mol. The fourth-order valence-electron chi connectivity index (χ4n) is 2.57. The Morgan fingerprint density at radius 1 is 1.32 bits per heavy atom. The average Bonchev–Trinajstić information content (AvgIpc) is 2.80. The molecule has 0 saturated heterocycles. The number of hydrogen-bond donors (Lipinski definition) is 1. The van der Waals surface area contributed by atoms with Crippen LogP contribution in [-0.2, 0) is 13.0 Å². The van der Waals surface area contributed by atoms with E-state index in [4.69, 9.17) is 5.73 Å². The van der Waals surface area contributed by atoms with Gasteiger partial charge < -0.3 is 10.6 Å². The van der Waals surface area contributed by atoms with Crippen molar-refractivity contribution >= 4 is 11.5 Å². The lowest BCUT2D eigenvalue weighted by atomic mass is 10.1. The molecular weight excluding hydrogens is 241 g/mol. The van der Waals surface area contributed by atoms with Crippen LogP contribution in [-0.4, -0.2) is 11.5 Å². The van der Waals surface area contributed by atoms with Crippen LogP contribution in [0.4, 0.5) is 15.9 Å². The Hall–Kier alpha value is -1.94. The van der Waals surface area contributed by atoms with Crippen LogP contribution >= 0.6 is 0 Å². The van der Waals surface area contributed by atoms with Gasteiger partial charge in [0, 0.05) is 24.5 Å². The lowest BCUT2D eigenvalue weighted by molar-refractivity contribution is 0.628. The van der Waals surface area contributed by atoms with Crippen LogP contribution in [0.5, 0.6) is 0 Å². The van der Waals surface area contributed by atoms with E-state index in [0.717, 1.165) is 35.7 Å². The first-order valence-corrected chi connectivity index (χ1v) is 6.41. The highest BCUT2D eigenvalue weighted by Gasteiger charge is 2.22. The Kier molecular flexibility index (Phi) is 2.95. The Morgan fingerprint density at radius 3 is 2.95 bits per heavy atom. The topological polar surface area (TPSA) is 42.1 Å². The Labute approximate surface area is 111 Å². The van der Waals surface area contributed by atoms with Gasteiger partial charge in [-0.05, 0) is 48.7 Å². The largest absolute Gasteiger partial charge is 0.326 e. The fourth-order valence-corrected chi connectivity index (χ4v) is 2.57. The van der Waals surface area contributed by atoms with Gasteiger partial charge in [-0.1, -0.05) is 6.07 Å². The SMILES string of the molecule is Cc1cc(CN)cc(N2CCc3ccc(F)cc32)n1. The molecule has 19 heavy (non-hydrogen) atoms. The second-order valence-electron chi connectivity index (χ2n) is 4.85. The van der Waals surface area contributed by atoms with Crippen LogP contribution in [0.1, 0.15) is 16.8 Å². The smallest absolute Gasteiger partial charge is 0.133 e. The number of aromatic nitrogens is 1. The molecule has 1 aromatic carbocycles. The summed E-state index contributed by atoms with van der Waals surface area (Å²) in [6.45, 7) is 3.27. The minimum Gasteiger partial charge on any atom is -0.326 e. The molecule has 0 aliphatic carbocycles. The molecule has 2 N–H and O–H groups in total. The van der Waals surface area contributed by atoms with E-state index < -0.39 is 0 Å². The summed E-state index contributed by atoms with van der Waals surface area (Å²) in [5.74, 6) is 0.641. The van der Waals surface area contributed by atoms with Crippen molar-refractivity contribution in [2.75, 3.05) is 11.4 Å². The molecule has 1 aromatic heterocycles. The van der Waals surface area contributed by atoms with E-state index in [9.17, 15) is 4.39 Å². The van der Waals surface area contributed by atoms with Gasteiger partial charge in [0.1, 0.15) is 11.6 Å². The monoisotopic (exact) mass is 257 g/mol. The third-order valence-corrected chi connectivity index (χ3v) is 3.45. The molecule has 2 heterocycles. The molecule has 0 fully saturated rings. The van der Waals surface area contributed by atoms with Crippen molar-refractivity contribution in [3.63, 3.8) is 0 Å². The van der Waals surface area contributed by atoms with Crippen LogP contribution in [0.15, 0.2) is 30.3 Å². The summed E-state index contributed by atoms with van der Waals surface area (Å²) < 4.78 is 13.4. The molecule has 4 heteroatoms. The maximum absolute atomic E-state index is 13.4. The summed E-state index contributed by atoms with van der Waals surface area (Å²) >= 11 is 0. The standard InChI is InChI=1S/C15H16FN3/c1-10-6-11(9-17)7-15(18-10)19-5-4-12-2-3-13(16)8-14(12)19/h2-3,6-8H,4-5,9,17H2,1H3. The third kappa shape index (κ3) is 2.19. The Balaban J connectivity index is 2.06. The molecule has 0 saturated carbocycles. The number of rotatable bonds is 2. The van der Waals surface area contributed by atoms with Crippen molar-refractivity contribution in [3.8, 4) is 0 Å². The van der Waals surface area contributed by atoms with Gasteiger partial charge in [-0.15, -0.1) is 0 Å². The molecule has 0 radical (unpaired) electrons. The van der Waals surface area contributed by atoms with E-state index in [1.54, 1.807) is 6.07 Å². The number of nitrogens with two attached hydrogens (primary N) is 1. The zero-order chi connectivity index (χ0) is 13.4. The summed E-state index contributed by atoms with van der Waals surface area (Å²) in [5.41, 5.74) is 9.76. The molecule has 3 nitrogen and oxygen atoms in total. The first-order valence-electron chi connectivity index (χ1n) is 6.41. The van der Waals surface area contributed by atoms with Crippen LogP contribution < -0.4 is 10.6 Å². The first kappa shape index (κ1) is 12.1. The van der Waals surface area contributed by atoms with E-state index in [1.165, 1.54) is 11.6 Å². The van der Waals surface area contributed by atoms with Gasteiger partial charge in [-0.2, -0.15) is 0 Å². The van der Waals surface area contributed by atoms with Crippen molar-refractivity contribution in [2.45, 2.75) is 19.9 Å². The molecule has 2 aromatic rings. The quantitative estimate of drug-likeness (QED) is 0.899. The van der Waals surface area contributed by atoms with E-state index in [1.807, 2.05) is 25.1 Å². The van der Waals surface area contributed by atoms with Gasteiger partial charge >= 0.3 is 0 Å². The highest BCUT2D eigenvalue weighted by atomic mass is 19.1. The van der Waals surface area contributed by atoms with Gasteiger partial charge in [-0.25, -0.2) is 9.37 Å². The zero-order valence-electron chi connectivity index (χ0n) is 10.9. The summed E-state index contributed by atoms with van der Waals surface area (Å²) in [5, 5.41) is 0. The van der Waals surface area contributed by atoms with Crippen molar-refractivity contribution in [1.29, 1.82) is 0 Å². The minimum absolute atomic E-state index is 0.211. The van der Waals surface area contributed by atoms with Gasteiger partial charge in [0.15, 0.2) is 0 Å². The van der Waals surface area contributed by atoms with E-state index in [2.05, 4.69) is 9.88 Å². The van der Waals surface area contributed by atoms with Crippen molar-refractivity contribution in [2.24, 2.45) is 5.73 Å². The van der Waals surface area contributed by atoms with Crippen molar-refractivity contribution in [3.05, 3.63) is 53.0 Å². The van der Waals surface area contributed by atoms with E-state index in [0.29, 0.717) is 6.54 Å². The number of halogens is 1. The maximum atomic E-state index is 13.4. The number of anilines is 2. The number of hydrogen-bond acceptors (Lipinski definition) is 3. The minimum atomic E-state index is -0.211. The number of aryl methyl sites for hydroxylation is 1. The lowest BCUT2D eigenvalue weighted by Crippen LogP contribution is -2.16. The first-order chi connectivity index (χ1) is 9.17. The Morgan fingerprint density at radius 2 is 2.16 bits per heavy atom. The summed E-state index contributed by atoms with van der Waals surface area (Å²) in [4.78, 5) is 6.60. The second kappa shape index (κ2) is 4.63.